The first-order valence-electron chi connectivity index (χ1n) is 9.86. The highest BCUT2D eigenvalue weighted by Gasteiger charge is 2.20. The number of thioether (sulfide) groups is 1. The molecule has 0 aliphatic carbocycles. The Balaban J connectivity index is 1.61. The third-order valence-corrected chi connectivity index (χ3v) is 5.54. The van der Waals surface area contributed by atoms with Crippen molar-refractivity contribution in [1.82, 2.24) is 20.1 Å². The van der Waals surface area contributed by atoms with E-state index in [1.165, 1.54) is 36.0 Å². The summed E-state index contributed by atoms with van der Waals surface area (Å²) in [6.07, 6.45) is 0. The largest absolute Gasteiger partial charge is 0.342 e. The van der Waals surface area contributed by atoms with Crippen LogP contribution in [0.1, 0.15) is 41.6 Å². The van der Waals surface area contributed by atoms with Gasteiger partial charge >= 0.3 is 0 Å². The first-order valence-corrected chi connectivity index (χ1v) is 10.8. The average molecular weight is 442 g/mol. The Kier molecular flexibility index (Phi) is 7.41. The summed E-state index contributed by atoms with van der Waals surface area (Å²) in [7, 11) is 0. The summed E-state index contributed by atoms with van der Waals surface area (Å²) in [5.74, 6) is -0.0425. The van der Waals surface area contributed by atoms with Crippen LogP contribution in [0.3, 0.4) is 0 Å². The van der Waals surface area contributed by atoms with Crippen LogP contribution in [0.2, 0.25) is 0 Å². The van der Waals surface area contributed by atoms with E-state index in [1.54, 1.807) is 12.1 Å². The van der Waals surface area contributed by atoms with E-state index < -0.39 is 0 Å². The van der Waals surface area contributed by atoms with Crippen molar-refractivity contribution in [2.24, 2.45) is 0 Å². The van der Waals surface area contributed by atoms with Gasteiger partial charge in [-0.3, -0.25) is 9.59 Å². The standard InChI is InChI=1S/C22H24FN5O2S/c1-4-28-20(15(3)24-21(30)16-7-5-14(2)6-8-16)26-27-22(28)31-13-19(29)25-18-11-9-17(23)10-12-18/h5-12,15H,4,13H2,1-3H3,(H,24,30)(H,25,29)/t15-/m1/s1. The molecule has 0 bridgehead atoms. The molecule has 0 aliphatic rings. The first-order chi connectivity index (χ1) is 14.9. The van der Waals surface area contributed by atoms with Gasteiger partial charge in [0.2, 0.25) is 5.91 Å². The molecule has 0 saturated carbocycles. The molecule has 31 heavy (non-hydrogen) atoms. The molecule has 2 aromatic carbocycles. The maximum absolute atomic E-state index is 13.0. The molecule has 1 atom stereocenters. The van der Waals surface area contributed by atoms with E-state index in [1.807, 2.05) is 37.5 Å². The maximum Gasteiger partial charge on any atom is 0.251 e. The summed E-state index contributed by atoms with van der Waals surface area (Å²) < 4.78 is 14.8. The zero-order valence-electron chi connectivity index (χ0n) is 17.6. The fraction of sp³-hybridized carbons (Fsp3) is 0.273. The Morgan fingerprint density at radius 1 is 1.10 bits per heavy atom. The minimum absolute atomic E-state index is 0.125. The van der Waals surface area contributed by atoms with Gasteiger partial charge in [0.1, 0.15) is 5.82 Å². The fourth-order valence-electron chi connectivity index (χ4n) is 2.93. The molecule has 9 heteroatoms. The minimum atomic E-state index is -0.362. The highest BCUT2D eigenvalue weighted by Crippen LogP contribution is 2.21. The zero-order chi connectivity index (χ0) is 22.4. The Hall–Kier alpha value is -3.20. The number of rotatable bonds is 8. The molecule has 3 rings (SSSR count). The van der Waals surface area contributed by atoms with Gasteiger partial charge < -0.3 is 15.2 Å². The van der Waals surface area contributed by atoms with Crippen molar-refractivity contribution < 1.29 is 14.0 Å². The summed E-state index contributed by atoms with van der Waals surface area (Å²) in [5.41, 5.74) is 2.18. The van der Waals surface area contributed by atoms with E-state index in [9.17, 15) is 14.0 Å². The van der Waals surface area contributed by atoms with E-state index in [2.05, 4.69) is 20.8 Å². The zero-order valence-corrected chi connectivity index (χ0v) is 18.4. The Labute approximate surface area is 184 Å². The molecule has 2 N–H and O–H groups in total. The van der Waals surface area contributed by atoms with E-state index in [-0.39, 0.29) is 29.4 Å². The summed E-state index contributed by atoms with van der Waals surface area (Å²) in [4.78, 5) is 24.7. The monoisotopic (exact) mass is 441 g/mol. The third-order valence-electron chi connectivity index (χ3n) is 4.57. The molecule has 1 heterocycles. The predicted octanol–water partition coefficient (Wildman–Crippen LogP) is 3.97. The number of aromatic nitrogens is 3. The Morgan fingerprint density at radius 3 is 2.42 bits per heavy atom. The highest BCUT2D eigenvalue weighted by molar-refractivity contribution is 7.99. The highest BCUT2D eigenvalue weighted by atomic mass is 32.2. The van der Waals surface area contributed by atoms with Crippen LogP contribution in [0.15, 0.2) is 53.7 Å². The van der Waals surface area contributed by atoms with Crippen LogP contribution < -0.4 is 10.6 Å². The lowest BCUT2D eigenvalue weighted by atomic mass is 10.1. The number of carbonyl (C=O) groups excluding carboxylic acids is 2. The van der Waals surface area contributed by atoms with E-state index in [4.69, 9.17) is 0 Å². The lowest BCUT2D eigenvalue weighted by molar-refractivity contribution is -0.113. The number of halogens is 1. The van der Waals surface area contributed by atoms with Crippen LogP contribution in [-0.4, -0.2) is 32.3 Å². The number of benzene rings is 2. The average Bonchev–Trinajstić information content (AvgIpc) is 3.17. The van der Waals surface area contributed by atoms with Crippen molar-refractivity contribution in [1.29, 1.82) is 0 Å². The summed E-state index contributed by atoms with van der Waals surface area (Å²) in [5, 5.41) is 14.6. The topological polar surface area (TPSA) is 88.9 Å². The van der Waals surface area contributed by atoms with Crippen LogP contribution in [0, 0.1) is 12.7 Å². The van der Waals surface area contributed by atoms with Crippen molar-refractivity contribution in [2.45, 2.75) is 38.5 Å². The molecule has 0 saturated heterocycles. The maximum atomic E-state index is 13.0. The number of hydrogen-bond donors (Lipinski definition) is 2. The predicted molar refractivity (Wildman–Crippen MR) is 119 cm³/mol. The van der Waals surface area contributed by atoms with Crippen molar-refractivity contribution in [3.63, 3.8) is 0 Å². The number of carbonyl (C=O) groups is 2. The van der Waals surface area contributed by atoms with E-state index in [0.29, 0.717) is 28.8 Å². The summed E-state index contributed by atoms with van der Waals surface area (Å²) in [6, 6.07) is 12.6. The summed E-state index contributed by atoms with van der Waals surface area (Å²) in [6.45, 7) is 6.35. The molecular formula is C22H24FN5O2S. The smallest absolute Gasteiger partial charge is 0.251 e. The second kappa shape index (κ2) is 10.2. The van der Waals surface area contributed by atoms with Crippen molar-refractivity contribution in [3.05, 3.63) is 71.3 Å². The van der Waals surface area contributed by atoms with Gasteiger partial charge in [0, 0.05) is 17.8 Å². The van der Waals surface area contributed by atoms with E-state index in [0.717, 1.165) is 5.56 Å². The van der Waals surface area contributed by atoms with Crippen LogP contribution in [-0.2, 0) is 11.3 Å². The first kappa shape index (κ1) is 22.5. The quantitative estimate of drug-likeness (QED) is 0.517. The lowest BCUT2D eigenvalue weighted by Gasteiger charge is -2.15. The molecule has 3 aromatic rings. The number of amides is 2. The van der Waals surface area contributed by atoms with Crippen LogP contribution in [0.5, 0.6) is 0 Å². The van der Waals surface area contributed by atoms with Gasteiger partial charge in [-0.2, -0.15) is 0 Å². The normalized spacial score (nSPS) is 11.7. The summed E-state index contributed by atoms with van der Waals surface area (Å²) >= 11 is 1.25. The molecule has 7 nitrogen and oxygen atoms in total. The van der Waals surface area contributed by atoms with Gasteiger partial charge in [0.05, 0.1) is 11.8 Å². The molecule has 2 amide bonds. The molecule has 1 aromatic heterocycles. The second-order valence-electron chi connectivity index (χ2n) is 6.99. The van der Waals surface area contributed by atoms with Gasteiger partial charge in [0.25, 0.3) is 5.91 Å². The van der Waals surface area contributed by atoms with Gasteiger partial charge in [-0.25, -0.2) is 4.39 Å². The Bertz CT molecular complexity index is 1050. The minimum Gasteiger partial charge on any atom is -0.342 e. The second-order valence-corrected chi connectivity index (χ2v) is 7.93. The molecule has 0 aliphatic heterocycles. The van der Waals surface area contributed by atoms with Crippen molar-refractivity contribution in [3.8, 4) is 0 Å². The van der Waals surface area contributed by atoms with Crippen LogP contribution >= 0.6 is 11.8 Å². The molecular weight excluding hydrogens is 417 g/mol. The molecule has 0 fully saturated rings. The number of nitrogens with zero attached hydrogens (tertiary/aromatic N) is 3. The van der Waals surface area contributed by atoms with Crippen molar-refractivity contribution in [2.75, 3.05) is 11.1 Å². The van der Waals surface area contributed by atoms with Crippen molar-refractivity contribution >= 4 is 29.3 Å². The van der Waals surface area contributed by atoms with Gasteiger partial charge in [0.15, 0.2) is 11.0 Å². The molecule has 0 spiro atoms. The van der Waals surface area contributed by atoms with E-state index >= 15 is 0 Å². The SMILES string of the molecule is CCn1c(SCC(=O)Nc2ccc(F)cc2)nnc1[C@@H](C)NC(=O)c1ccc(C)cc1. The molecule has 162 valence electrons. The third kappa shape index (κ3) is 5.91. The fourth-order valence-corrected chi connectivity index (χ4v) is 3.74. The number of anilines is 1. The van der Waals surface area contributed by atoms with Gasteiger partial charge in [-0.05, 0) is 57.2 Å². The van der Waals surface area contributed by atoms with Gasteiger partial charge in [-0.15, -0.1) is 10.2 Å². The molecule has 0 radical (unpaired) electrons. The van der Waals surface area contributed by atoms with Gasteiger partial charge in [-0.1, -0.05) is 29.5 Å². The molecule has 0 unspecified atom stereocenters. The van der Waals surface area contributed by atoms with Crippen LogP contribution in [0.4, 0.5) is 10.1 Å². The number of hydrogen-bond acceptors (Lipinski definition) is 5. The van der Waals surface area contributed by atoms with Crippen LogP contribution in [0.25, 0.3) is 0 Å². The number of nitrogens with one attached hydrogen (secondary N) is 2. The Morgan fingerprint density at radius 2 is 1.77 bits per heavy atom. The number of aryl methyl sites for hydroxylation is 1. The lowest BCUT2D eigenvalue weighted by Crippen LogP contribution is -2.28.